The molecule has 3 aromatic rings. The Hall–Kier alpha value is -2.04. The lowest BCUT2D eigenvalue weighted by molar-refractivity contribution is 0.472. The predicted molar refractivity (Wildman–Crippen MR) is 87.2 cm³/mol. The van der Waals surface area contributed by atoms with E-state index in [0.717, 1.165) is 16.5 Å². The van der Waals surface area contributed by atoms with Crippen LogP contribution in [0, 0.1) is 5.82 Å². The van der Waals surface area contributed by atoms with E-state index < -0.39 is 5.82 Å². The van der Waals surface area contributed by atoms with Crippen LogP contribution in [0.15, 0.2) is 42.6 Å². The lowest BCUT2D eigenvalue weighted by Crippen LogP contribution is -2.07. The molecule has 0 unspecified atom stereocenters. The molecular formula is C17H16ClFN2O. The topological polar surface area (TPSA) is 26.2 Å². The molecule has 0 aliphatic carbocycles. The number of benzene rings is 2. The Balaban J connectivity index is 1.98. The molecule has 1 heterocycles. The second-order valence-electron chi connectivity index (χ2n) is 5.15. The zero-order valence-corrected chi connectivity index (χ0v) is 13.1. The van der Waals surface area contributed by atoms with Gasteiger partial charge >= 0.3 is 0 Å². The highest BCUT2D eigenvalue weighted by atomic mass is 35.5. The molecule has 0 amide bonds. The Morgan fingerprint density at radius 1 is 1.23 bits per heavy atom. The van der Waals surface area contributed by atoms with Crippen LogP contribution in [0.1, 0.15) is 5.56 Å². The van der Waals surface area contributed by atoms with Crippen LogP contribution < -0.4 is 10.1 Å². The van der Waals surface area contributed by atoms with Gasteiger partial charge in [-0.05, 0) is 37.4 Å². The summed E-state index contributed by atoms with van der Waals surface area (Å²) in [5, 5.41) is 4.13. The van der Waals surface area contributed by atoms with Crippen LogP contribution in [0.25, 0.3) is 10.9 Å². The van der Waals surface area contributed by atoms with Crippen molar-refractivity contribution in [2.24, 2.45) is 7.05 Å². The minimum absolute atomic E-state index is 0.0515. The average molecular weight is 319 g/mol. The number of halogens is 2. The standard InChI is InChI=1S/C17H16ClFN2O/c1-20-10-12-8-15(19)14(18)9-17(12)22-13-3-4-16-11(7-13)5-6-21(16)2/h3-9,20H,10H2,1-2H3. The Labute approximate surface area is 133 Å². The van der Waals surface area contributed by atoms with Crippen molar-refractivity contribution in [3.05, 3.63) is 59.0 Å². The fourth-order valence-corrected chi connectivity index (χ4v) is 2.60. The molecule has 1 N–H and O–H groups in total. The highest BCUT2D eigenvalue weighted by molar-refractivity contribution is 6.30. The van der Waals surface area contributed by atoms with Crippen LogP contribution in [0.2, 0.25) is 5.02 Å². The smallest absolute Gasteiger partial charge is 0.142 e. The maximum atomic E-state index is 13.6. The number of ether oxygens (including phenoxy) is 1. The minimum atomic E-state index is -0.447. The van der Waals surface area contributed by atoms with Crippen LogP contribution in [0.5, 0.6) is 11.5 Å². The van der Waals surface area contributed by atoms with E-state index in [1.807, 2.05) is 42.1 Å². The summed E-state index contributed by atoms with van der Waals surface area (Å²) in [4.78, 5) is 0. The van der Waals surface area contributed by atoms with Crippen molar-refractivity contribution in [2.75, 3.05) is 7.05 Å². The summed E-state index contributed by atoms with van der Waals surface area (Å²) in [5.41, 5.74) is 1.84. The Kier molecular flexibility index (Phi) is 4.05. The van der Waals surface area contributed by atoms with Gasteiger partial charge in [-0.1, -0.05) is 11.6 Å². The van der Waals surface area contributed by atoms with Gasteiger partial charge in [0.05, 0.1) is 5.02 Å². The van der Waals surface area contributed by atoms with Crippen molar-refractivity contribution < 1.29 is 9.13 Å². The Morgan fingerprint density at radius 2 is 2.05 bits per heavy atom. The molecule has 3 nitrogen and oxygen atoms in total. The fourth-order valence-electron chi connectivity index (χ4n) is 2.44. The van der Waals surface area contributed by atoms with Crippen molar-refractivity contribution >= 4 is 22.5 Å². The van der Waals surface area contributed by atoms with E-state index in [4.69, 9.17) is 16.3 Å². The van der Waals surface area contributed by atoms with Gasteiger partial charge in [0.25, 0.3) is 0 Å². The summed E-state index contributed by atoms with van der Waals surface area (Å²) in [7, 11) is 3.79. The Morgan fingerprint density at radius 3 is 2.82 bits per heavy atom. The molecule has 0 atom stereocenters. The maximum absolute atomic E-state index is 13.6. The molecule has 0 bridgehead atoms. The van der Waals surface area contributed by atoms with Crippen LogP contribution in [-0.2, 0) is 13.6 Å². The third-order valence-electron chi connectivity index (χ3n) is 3.56. The molecule has 0 radical (unpaired) electrons. The lowest BCUT2D eigenvalue weighted by atomic mass is 10.2. The first kappa shape index (κ1) is 14.9. The van der Waals surface area contributed by atoms with Gasteiger partial charge in [-0.15, -0.1) is 0 Å². The van der Waals surface area contributed by atoms with Gasteiger partial charge in [-0.2, -0.15) is 0 Å². The second kappa shape index (κ2) is 5.99. The van der Waals surface area contributed by atoms with Crippen molar-refractivity contribution in [3.8, 4) is 11.5 Å². The molecule has 1 aromatic heterocycles. The SMILES string of the molecule is CNCc1cc(F)c(Cl)cc1Oc1ccc2c(ccn2C)c1. The molecule has 5 heteroatoms. The summed E-state index contributed by atoms with van der Waals surface area (Å²) in [6.07, 6.45) is 2.00. The summed E-state index contributed by atoms with van der Waals surface area (Å²) in [6.45, 7) is 0.497. The first-order valence-corrected chi connectivity index (χ1v) is 7.32. The number of nitrogens with zero attached hydrogens (tertiary/aromatic N) is 1. The van der Waals surface area contributed by atoms with Gasteiger partial charge in [0, 0.05) is 42.3 Å². The molecule has 3 rings (SSSR count). The molecule has 0 saturated carbocycles. The number of fused-ring (bicyclic) bond motifs is 1. The zero-order chi connectivity index (χ0) is 15.7. The minimum Gasteiger partial charge on any atom is -0.457 e. The molecule has 0 fully saturated rings. The summed E-state index contributed by atoms with van der Waals surface area (Å²) in [5.74, 6) is 0.799. The van der Waals surface area contributed by atoms with Crippen molar-refractivity contribution in [2.45, 2.75) is 6.54 Å². The van der Waals surface area contributed by atoms with Crippen LogP contribution in [-0.4, -0.2) is 11.6 Å². The summed E-state index contributed by atoms with van der Waals surface area (Å²) < 4.78 is 21.6. The molecule has 0 spiro atoms. The molecule has 0 aliphatic rings. The van der Waals surface area contributed by atoms with E-state index in [-0.39, 0.29) is 5.02 Å². The quantitative estimate of drug-likeness (QED) is 0.767. The van der Waals surface area contributed by atoms with E-state index in [9.17, 15) is 4.39 Å². The third kappa shape index (κ3) is 2.80. The largest absolute Gasteiger partial charge is 0.457 e. The molecule has 2 aromatic carbocycles. The highest BCUT2D eigenvalue weighted by Gasteiger charge is 2.11. The van der Waals surface area contributed by atoms with Crippen molar-refractivity contribution in [1.29, 1.82) is 0 Å². The number of nitrogens with one attached hydrogen (secondary N) is 1. The van der Waals surface area contributed by atoms with Crippen molar-refractivity contribution in [1.82, 2.24) is 9.88 Å². The normalized spacial score (nSPS) is 11.1. The van der Waals surface area contributed by atoms with E-state index in [2.05, 4.69) is 5.32 Å². The number of aryl methyl sites for hydroxylation is 1. The maximum Gasteiger partial charge on any atom is 0.142 e. The van der Waals surface area contributed by atoms with Crippen LogP contribution in [0.4, 0.5) is 4.39 Å². The number of aromatic nitrogens is 1. The molecule has 22 heavy (non-hydrogen) atoms. The van der Waals surface area contributed by atoms with Gasteiger partial charge in [-0.3, -0.25) is 0 Å². The first-order chi connectivity index (χ1) is 10.6. The van der Waals surface area contributed by atoms with Gasteiger partial charge in [0.2, 0.25) is 0 Å². The van der Waals surface area contributed by atoms with E-state index >= 15 is 0 Å². The molecule has 0 aliphatic heterocycles. The van der Waals surface area contributed by atoms with Gasteiger partial charge in [-0.25, -0.2) is 4.39 Å². The zero-order valence-electron chi connectivity index (χ0n) is 12.4. The van der Waals surface area contributed by atoms with Gasteiger partial charge < -0.3 is 14.6 Å². The number of hydrogen-bond acceptors (Lipinski definition) is 2. The number of rotatable bonds is 4. The lowest BCUT2D eigenvalue weighted by Gasteiger charge is -2.12. The van der Waals surface area contributed by atoms with Gasteiger partial charge in [0.1, 0.15) is 17.3 Å². The summed E-state index contributed by atoms with van der Waals surface area (Å²) >= 11 is 5.87. The Bertz CT molecular complexity index is 829. The van der Waals surface area contributed by atoms with E-state index in [0.29, 0.717) is 18.0 Å². The van der Waals surface area contributed by atoms with Crippen LogP contribution >= 0.6 is 11.6 Å². The first-order valence-electron chi connectivity index (χ1n) is 6.94. The second-order valence-corrected chi connectivity index (χ2v) is 5.56. The monoisotopic (exact) mass is 318 g/mol. The predicted octanol–water partition coefficient (Wildman–Crippen LogP) is 4.48. The van der Waals surface area contributed by atoms with E-state index in [1.54, 1.807) is 7.05 Å². The fraction of sp³-hybridized carbons (Fsp3) is 0.176. The van der Waals surface area contributed by atoms with Crippen LogP contribution in [0.3, 0.4) is 0 Å². The van der Waals surface area contributed by atoms with Gasteiger partial charge in [0.15, 0.2) is 0 Å². The molecule has 0 saturated heterocycles. The number of hydrogen-bond donors (Lipinski definition) is 1. The molecule has 114 valence electrons. The van der Waals surface area contributed by atoms with E-state index in [1.165, 1.54) is 12.1 Å². The third-order valence-corrected chi connectivity index (χ3v) is 3.84. The highest BCUT2D eigenvalue weighted by Crippen LogP contribution is 2.32. The van der Waals surface area contributed by atoms with Crippen molar-refractivity contribution in [3.63, 3.8) is 0 Å². The average Bonchev–Trinajstić information content (AvgIpc) is 2.85. The molecular weight excluding hydrogens is 303 g/mol. The summed E-state index contributed by atoms with van der Waals surface area (Å²) in [6, 6.07) is 10.8.